The van der Waals surface area contributed by atoms with E-state index < -0.39 is 15.9 Å². The number of amides is 1. The van der Waals surface area contributed by atoms with E-state index >= 15 is 0 Å². The summed E-state index contributed by atoms with van der Waals surface area (Å²) in [5.74, 6) is 0.160. The molecule has 0 atom stereocenters. The first-order valence-electron chi connectivity index (χ1n) is 9.56. The van der Waals surface area contributed by atoms with Crippen molar-refractivity contribution >= 4 is 61.3 Å². The van der Waals surface area contributed by atoms with E-state index in [0.29, 0.717) is 22.2 Å². The summed E-state index contributed by atoms with van der Waals surface area (Å²) in [6, 6.07) is 15.2. The highest BCUT2D eigenvalue weighted by atomic mass is 35.5. The summed E-state index contributed by atoms with van der Waals surface area (Å²) in [5.41, 5.74) is 1.30. The van der Waals surface area contributed by atoms with Crippen molar-refractivity contribution in [2.24, 2.45) is 7.05 Å². The van der Waals surface area contributed by atoms with Crippen LogP contribution in [-0.4, -0.2) is 25.4 Å². The number of fused-ring (bicyclic) bond motifs is 1. The highest BCUT2D eigenvalue weighted by Gasteiger charge is 2.20. The van der Waals surface area contributed by atoms with Crippen LogP contribution in [0.15, 0.2) is 70.4 Å². The van der Waals surface area contributed by atoms with Crippen LogP contribution in [0.1, 0.15) is 10.4 Å². The topological polar surface area (TPSA) is 106 Å². The molecular formula is C22H18ClN3O5S2. The van der Waals surface area contributed by atoms with Gasteiger partial charge in [0.05, 0.1) is 34.3 Å². The Morgan fingerprint density at radius 1 is 1.03 bits per heavy atom. The van der Waals surface area contributed by atoms with Gasteiger partial charge < -0.3 is 10.1 Å². The summed E-state index contributed by atoms with van der Waals surface area (Å²) >= 11 is 7.07. The molecule has 0 aliphatic rings. The number of nitrogens with zero attached hydrogens (tertiary/aromatic N) is 1. The molecule has 11 heteroatoms. The summed E-state index contributed by atoms with van der Waals surface area (Å²) in [6.45, 7) is 0. The van der Waals surface area contributed by atoms with Crippen LogP contribution >= 0.6 is 23.1 Å². The molecule has 33 heavy (non-hydrogen) atoms. The van der Waals surface area contributed by atoms with Crippen LogP contribution in [-0.2, 0) is 17.1 Å². The number of sulfonamides is 1. The number of nitrogens with one attached hydrogen (secondary N) is 2. The Kier molecular flexibility index (Phi) is 6.15. The van der Waals surface area contributed by atoms with Gasteiger partial charge in [-0.1, -0.05) is 11.6 Å². The predicted molar refractivity (Wildman–Crippen MR) is 130 cm³/mol. The molecule has 1 amide bonds. The van der Waals surface area contributed by atoms with Crippen molar-refractivity contribution in [3.05, 3.63) is 80.8 Å². The second kappa shape index (κ2) is 8.89. The van der Waals surface area contributed by atoms with E-state index in [4.69, 9.17) is 16.3 Å². The maximum atomic E-state index is 13.1. The molecule has 0 fully saturated rings. The number of rotatable bonds is 6. The Morgan fingerprint density at radius 2 is 1.76 bits per heavy atom. The van der Waals surface area contributed by atoms with Gasteiger partial charge in [-0.05, 0) is 72.2 Å². The van der Waals surface area contributed by atoms with E-state index in [-0.39, 0.29) is 26.0 Å². The van der Waals surface area contributed by atoms with Gasteiger partial charge in [-0.25, -0.2) is 8.42 Å². The molecule has 1 heterocycles. The van der Waals surface area contributed by atoms with Gasteiger partial charge in [0.15, 0.2) is 0 Å². The summed E-state index contributed by atoms with van der Waals surface area (Å²) in [7, 11) is -0.831. The van der Waals surface area contributed by atoms with Crippen molar-refractivity contribution < 1.29 is 17.9 Å². The lowest BCUT2D eigenvalue weighted by molar-refractivity contribution is 0.102. The third-order valence-electron chi connectivity index (χ3n) is 4.88. The Bertz CT molecular complexity index is 1530. The molecule has 2 N–H and O–H groups in total. The first-order chi connectivity index (χ1) is 15.7. The molecule has 4 rings (SSSR count). The van der Waals surface area contributed by atoms with Crippen LogP contribution in [0.2, 0.25) is 5.02 Å². The molecule has 0 spiro atoms. The molecule has 0 aliphatic heterocycles. The molecule has 0 saturated carbocycles. The molecule has 0 unspecified atom stereocenters. The van der Waals surface area contributed by atoms with Crippen LogP contribution in [0.4, 0.5) is 11.4 Å². The molecule has 0 aliphatic carbocycles. The number of ether oxygens (including phenoxy) is 1. The van der Waals surface area contributed by atoms with Crippen molar-refractivity contribution in [1.29, 1.82) is 0 Å². The van der Waals surface area contributed by atoms with Crippen molar-refractivity contribution in [2.75, 3.05) is 17.1 Å². The van der Waals surface area contributed by atoms with E-state index in [1.54, 1.807) is 41.3 Å². The van der Waals surface area contributed by atoms with Gasteiger partial charge in [0.1, 0.15) is 5.75 Å². The number of benzene rings is 3. The van der Waals surface area contributed by atoms with Crippen molar-refractivity contribution in [1.82, 2.24) is 3.96 Å². The predicted octanol–water partition coefficient (Wildman–Crippen LogP) is 4.32. The molecule has 4 aromatic rings. The zero-order valence-electron chi connectivity index (χ0n) is 17.5. The number of aryl methyl sites for hydroxylation is 1. The van der Waals surface area contributed by atoms with Gasteiger partial charge in [0, 0.05) is 17.6 Å². The third kappa shape index (κ3) is 4.72. The summed E-state index contributed by atoms with van der Waals surface area (Å²) in [6.07, 6.45) is 0. The van der Waals surface area contributed by atoms with Crippen molar-refractivity contribution in [2.45, 2.75) is 4.90 Å². The van der Waals surface area contributed by atoms with E-state index in [9.17, 15) is 18.0 Å². The molecule has 0 bridgehead atoms. The quantitative estimate of drug-likeness (QED) is 0.407. The molecule has 170 valence electrons. The molecular weight excluding hydrogens is 486 g/mol. The smallest absolute Gasteiger partial charge is 0.261 e. The number of anilines is 2. The minimum absolute atomic E-state index is 0.0853. The van der Waals surface area contributed by atoms with Gasteiger partial charge in [-0.3, -0.25) is 18.3 Å². The number of hydrogen-bond donors (Lipinski definition) is 2. The van der Waals surface area contributed by atoms with Crippen LogP contribution in [0, 0.1) is 0 Å². The highest BCUT2D eigenvalue weighted by molar-refractivity contribution is 7.92. The Labute approximate surface area is 198 Å². The molecule has 1 aromatic heterocycles. The first-order valence-corrected chi connectivity index (χ1v) is 12.2. The number of methoxy groups -OCH3 is 1. The number of carbonyl (C=O) groups is 1. The minimum Gasteiger partial charge on any atom is -0.497 e. The molecule has 8 nitrogen and oxygen atoms in total. The largest absolute Gasteiger partial charge is 0.497 e. The summed E-state index contributed by atoms with van der Waals surface area (Å²) in [5, 5.41) is 3.28. The van der Waals surface area contributed by atoms with E-state index in [2.05, 4.69) is 10.0 Å². The lowest BCUT2D eigenvalue weighted by Gasteiger charge is -2.14. The van der Waals surface area contributed by atoms with Crippen LogP contribution in [0.5, 0.6) is 5.75 Å². The van der Waals surface area contributed by atoms with Gasteiger partial charge in [0.2, 0.25) is 0 Å². The van der Waals surface area contributed by atoms with E-state index in [1.165, 1.54) is 37.4 Å². The minimum atomic E-state index is -4.08. The zero-order chi connectivity index (χ0) is 23.8. The Balaban J connectivity index is 1.65. The van der Waals surface area contributed by atoms with Gasteiger partial charge in [-0.15, -0.1) is 0 Å². The SMILES string of the molecule is COc1ccc(C(=O)Nc2ccc(Cl)cc2NS(=O)(=O)c2ccc3c(c2)c(=O)sn3C)cc1. The maximum Gasteiger partial charge on any atom is 0.261 e. The monoisotopic (exact) mass is 503 g/mol. The van der Waals surface area contributed by atoms with Crippen LogP contribution in [0.3, 0.4) is 0 Å². The van der Waals surface area contributed by atoms with Gasteiger partial charge in [0.25, 0.3) is 20.7 Å². The van der Waals surface area contributed by atoms with Gasteiger partial charge in [-0.2, -0.15) is 0 Å². The Hall–Kier alpha value is -3.34. The van der Waals surface area contributed by atoms with Crippen LogP contribution < -0.4 is 19.5 Å². The maximum absolute atomic E-state index is 13.1. The molecule has 3 aromatic carbocycles. The normalized spacial score (nSPS) is 11.4. The lowest BCUT2D eigenvalue weighted by atomic mass is 10.2. The van der Waals surface area contributed by atoms with Crippen LogP contribution in [0.25, 0.3) is 10.9 Å². The highest BCUT2D eigenvalue weighted by Crippen LogP contribution is 2.29. The van der Waals surface area contributed by atoms with Gasteiger partial charge >= 0.3 is 0 Å². The molecule has 0 saturated heterocycles. The first kappa shape index (κ1) is 22.8. The fourth-order valence-electron chi connectivity index (χ4n) is 3.19. The van der Waals surface area contributed by atoms with E-state index in [1.807, 2.05) is 0 Å². The number of hydrogen-bond acceptors (Lipinski definition) is 6. The second-order valence-corrected chi connectivity index (χ2v) is 10.3. The lowest BCUT2D eigenvalue weighted by Crippen LogP contribution is -2.17. The van der Waals surface area contributed by atoms with Crippen molar-refractivity contribution in [3.8, 4) is 5.75 Å². The average molecular weight is 504 g/mol. The zero-order valence-corrected chi connectivity index (χ0v) is 19.8. The fourth-order valence-corrected chi connectivity index (χ4v) is 5.23. The van der Waals surface area contributed by atoms with E-state index in [0.717, 1.165) is 11.5 Å². The number of aromatic nitrogens is 1. The fraction of sp³-hybridized carbons (Fsp3) is 0.0909. The summed E-state index contributed by atoms with van der Waals surface area (Å²) < 4.78 is 35.1. The molecule has 0 radical (unpaired) electrons. The average Bonchev–Trinajstić information content (AvgIpc) is 3.08. The van der Waals surface area contributed by atoms with Crippen molar-refractivity contribution in [3.63, 3.8) is 0 Å². The third-order valence-corrected chi connectivity index (χ3v) is 7.34. The number of halogens is 1. The Morgan fingerprint density at radius 3 is 2.45 bits per heavy atom. The number of carbonyl (C=O) groups excluding carboxylic acids is 1. The standard InChI is InChI=1S/C22H18ClN3O5S2/c1-26-20-10-8-16(12-17(20)22(28)32-26)33(29,30)25-19-11-14(23)5-9-18(19)24-21(27)13-3-6-15(31-2)7-4-13/h3-12,25H,1-2H3,(H,24,27). The second-order valence-electron chi connectivity index (χ2n) is 7.03. The summed E-state index contributed by atoms with van der Waals surface area (Å²) in [4.78, 5) is 24.7.